The lowest BCUT2D eigenvalue weighted by atomic mass is 10.4. The smallest absolute Gasteiger partial charge is 0.153 e. The first kappa shape index (κ1) is 10.6. The van der Waals surface area contributed by atoms with Crippen LogP contribution in [-0.2, 0) is 0 Å². The van der Waals surface area contributed by atoms with Crippen molar-refractivity contribution in [2.75, 3.05) is 25.5 Å². The van der Waals surface area contributed by atoms with Crippen LogP contribution in [-0.4, -0.2) is 41.3 Å². The summed E-state index contributed by atoms with van der Waals surface area (Å²) >= 11 is 5.72. The number of nitrogens with zero attached hydrogens (tertiary/aromatic N) is 3. The Balaban J connectivity index is 1.73. The molecule has 82 valence electrons. The van der Waals surface area contributed by atoms with E-state index in [4.69, 9.17) is 11.6 Å². The van der Waals surface area contributed by atoms with Crippen LogP contribution in [0.25, 0.3) is 0 Å². The van der Waals surface area contributed by atoms with E-state index in [1.54, 1.807) is 12.3 Å². The molecule has 0 amide bonds. The standard InChI is InChI=1S/C10H15ClN4/c1-15(9-2-3-9)5-4-12-8-6-10(11)14-13-7-8/h6-7,9H,2-5H2,1H3,(H,12,14). The molecule has 1 aliphatic carbocycles. The molecule has 15 heavy (non-hydrogen) atoms. The van der Waals surface area contributed by atoms with Crippen molar-refractivity contribution in [3.63, 3.8) is 0 Å². The summed E-state index contributed by atoms with van der Waals surface area (Å²) in [7, 11) is 2.16. The second-order valence-corrected chi connectivity index (χ2v) is 4.29. The van der Waals surface area contributed by atoms with Gasteiger partial charge >= 0.3 is 0 Å². The van der Waals surface area contributed by atoms with Gasteiger partial charge in [-0.3, -0.25) is 0 Å². The van der Waals surface area contributed by atoms with E-state index in [2.05, 4.69) is 27.5 Å². The van der Waals surface area contributed by atoms with Gasteiger partial charge in [0.15, 0.2) is 5.15 Å². The highest BCUT2D eigenvalue weighted by molar-refractivity contribution is 6.29. The van der Waals surface area contributed by atoms with Crippen molar-refractivity contribution in [3.8, 4) is 0 Å². The van der Waals surface area contributed by atoms with Gasteiger partial charge in [-0.05, 0) is 19.9 Å². The molecule has 0 radical (unpaired) electrons. The summed E-state index contributed by atoms with van der Waals surface area (Å²) in [5.41, 5.74) is 0.930. The molecule has 1 fully saturated rings. The Morgan fingerprint density at radius 3 is 3.07 bits per heavy atom. The highest BCUT2D eigenvalue weighted by atomic mass is 35.5. The zero-order chi connectivity index (χ0) is 10.7. The zero-order valence-electron chi connectivity index (χ0n) is 8.78. The van der Waals surface area contributed by atoms with Gasteiger partial charge in [0.2, 0.25) is 0 Å². The molecule has 0 unspecified atom stereocenters. The minimum atomic E-state index is 0.426. The van der Waals surface area contributed by atoms with Gasteiger partial charge in [0, 0.05) is 25.2 Å². The second kappa shape index (κ2) is 4.77. The van der Waals surface area contributed by atoms with Gasteiger partial charge in [0.05, 0.1) is 11.9 Å². The summed E-state index contributed by atoms with van der Waals surface area (Å²) in [6, 6.07) is 2.59. The van der Waals surface area contributed by atoms with E-state index >= 15 is 0 Å². The first-order valence-corrected chi connectivity index (χ1v) is 5.56. The number of hydrogen-bond acceptors (Lipinski definition) is 4. The number of anilines is 1. The molecular formula is C10H15ClN4. The number of rotatable bonds is 5. The predicted octanol–water partition coefficient (Wildman–Crippen LogP) is 1.64. The Labute approximate surface area is 94.6 Å². The van der Waals surface area contributed by atoms with Crippen LogP contribution in [0.3, 0.4) is 0 Å². The maximum atomic E-state index is 5.72. The molecule has 4 nitrogen and oxygen atoms in total. The molecule has 0 aromatic carbocycles. The molecule has 1 aliphatic rings. The van der Waals surface area contributed by atoms with Gasteiger partial charge in [-0.1, -0.05) is 11.6 Å². The quantitative estimate of drug-likeness (QED) is 0.829. The number of aromatic nitrogens is 2. The number of halogens is 1. The van der Waals surface area contributed by atoms with Crippen LogP contribution < -0.4 is 5.32 Å². The van der Waals surface area contributed by atoms with Crippen LogP contribution in [0, 0.1) is 0 Å². The molecule has 1 aromatic heterocycles. The Bertz CT molecular complexity index is 327. The molecular weight excluding hydrogens is 212 g/mol. The lowest BCUT2D eigenvalue weighted by Gasteiger charge is -2.15. The summed E-state index contributed by atoms with van der Waals surface area (Å²) in [5.74, 6) is 0. The minimum absolute atomic E-state index is 0.426. The van der Waals surface area contributed by atoms with Crippen molar-refractivity contribution in [2.24, 2.45) is 0 Å². The van der Waals surface area contributed by atoms with E-state index in [1.807, 2.05) is 0 Å². The highest BCUT2D eigenvalue weighted by Gasteiger charge is 2.25. The van der Waals surface area contributed by atoms with Gasteiger partial charge in [-0.25, -0.2) is 0 Å². The number of likely N-dealkylation sites (N-methyl/N-ethyl adjacent to an activating group) is 1. The van der Waals surface area contributed by atoms with Crippen LogP contribution in [0.5, 0.6) is 0 Å². The van der Waals surface area contributed by atoms with E-state index in [0.29, 0.717) is 5.15 Å². The SMILES string of the molecule is CN(CCNc1cnnc(Cl)c1)C1CC1. The Hall–Kier alpha value is -0.870. The maximum Gasteiger partial charge on any atom is 0.153 e. The molecule has 0 bridgehead atoms. The molecule has 1 heterocycles. The van der Waals surface area contributed by atoms with Crippen molar-refractivity contribution < 1.29 is 0 Å². The fourth-order valence-electron chi connectivity index (χ4n) is 1.51. The molecule has 0 spiro atoms. The maximum absolute atomic E-state index is 5.72. The predicted molar refractivity (Wildman–Crippen MR) is 61.2 cm³/mol. The van der Waals surface area contributed by atoms with Crippen molar-refractivity contribution >= 4 is 17.3 Å². The van der Waals surface area contributed by atoms with Gasteiger partial charge in [0.25, 0.3) is 0 Å². The van der Waals surface area contributed by atoms with Crippen LogP contribution >= 0.6 is 11.6 Å². The van der Waals surface area contributed by atoms with Crippen LogP contribution in [0.15, 0.2) is 12.3 Å². The third-order valence-electron chi connectivity index (χ3n) is 2.59. The third kappa shape index (κ3) is 3.32. The van der Waals surface area contributed by atoms with E-state index in [-0.39, 0.29) is 0 Å². The largest absolute Gasteiger partial charge is 0.382 e. The van der Waals surface area contributed by atoms with E-state index in [1.165, 1.54) is 12.8 Å². The number of hydrogen-bond donors (Lipinski definition) is 1. The fraction of sp³-hybridized carbons (Fsp3) is 0.600. The lowest BCUT2D eigenvalue weighted by Crippen LogP contribution is -2.27. The molecule has 1 aromatic rings. The van der Waals surface area contributed by atoms with E-state index in [0.717, 1.165) is 24.8 Å². The monoisotopic (exact) mass is 226 g/mol. The molecule has 2 rings (SSSR count). The second-order valence-electron chi connectivity index (χ2n) is 3.91. The normalized spacial score (nSPS) is 15.7. The summed E-state index contributed by atoms with van der Waals surface area (Å²) in [6.07, 6.45) is 4.38. The van der Waals surface area contributed by atoms with Crippen molar-refractivity contribution in [3.05, 3.63) is 17.4 Å². The zero-order valence-corrected chi connectivity index (χ0v) is 9.54. The van der Waals surface area contributed by atoms with Gasteiger partial charge in [0.1, 0.15) is 0 Å². The Morgan fingerprint density at radius 1 is 1.60 bits per heavy atom. The highest BCUT2D eigenvalue weighted by Crippen LogP contribution is 2.24. The van der Waals surface area contributed by atoms with Crippen molar-refractivity contribution in [1.82, 2.24) is 15.1 Å². The first-order valence-electron chi connectivity index (χ1n) is 5.18. The topological polar surface area (TPSA) is 41.0 Å². The fourth-order valence-corrected chi connectivity index (χ4v) is 1.67. The molecule has 1 N–H and O–H groups in total. The molecule has 0 saturated heterocycles. The average molecular weight is 227 g/mol. The molecule has 0 atom stereocenters. The Morgan fingerprint density at radius 2 is 2.40 bits per heavy atom. The van der Waals surface area contributed by atoms with Crippen LogP contribution in [0.2, 0.25) is 5.15 Å². The van der Waals surface area contributed by atoms with E-state index in [9.17, 15) is 0 Å². The summed E-state index contributed by atoms with van der Waals surface area (Å²) in [5, 5.41) is 11.2. The molecule has 1 saturated carbocycles. The lowest BCUT2D eigenvalue weighted by molar-refractivity contribution is 0.337. The number of nitrogens with one attached hydrogen (secondary N) is 1. The summed E-state index contributed by atoms with van der Waals surface area (Å²) < 4.78 is 0. The van der Waals surface area contributed by atoms with Gasteiger partial charge < -0.3 is 10.2 Å². The Kier molecular flexibility index (Phi) is 3.38. The molecule has 5 heteroatoms. The average Bonchev–Trinajstić information content (AvgIpc) is 3.00. The van der Waals surface area contributed by atoms with Crippen molar-refractivity contribution in [1.29, 1.82) is 0 Å². The summed E-state index contributed by atoms with van der Waals surface area (Å²) in [6.45, 7) is 1.96. The van der Waals surface area contributed by atoms with Gasteiger partial charge in [-0.2, -0.15) is 5.10 Å². The van der Waals surface area contributed by atoms with Crippen molar-refractivity contribution in [2.45, 2.75) is 18.9 Å². The summed E-state index contributed by atoms with van der Waals surface area (Å²) in [4.78, 5) is 2.38. The van der Waals surface area contributed by atoms with Gasteiger partial charge in [-0.15, -0.1) is 5.10 Å². The van der Waals surface area contributed by atoms with E-state index < -0.39 is 0 Å². The molecule has 0 aliphatic heterocycles. The minimum Gasteiger partial charge on any atom is -0.382 e. The van der Waals surface area contributed by atoms with Crippen LogP contribution in [0.4, 0.5) is 5.69 Å². The first-order chi connectivity index (χ1) is 7.25. The third-order valence-corrected chi connectivity index (χ3v) is 2.77. The van der Waals surface area contributed by atoms with Crippen LogP contribution in [0.1, 0.15) is 12.8 Å².